The Bertz CT molecular complexity index is 782. The normalized spacial score (nSPS) is 11.8. The lowest BCUT2D eigenvalue weighted by atomic mass is 9.80. The van der Waals surface area contributed by atoms with Crippen LogP contribution in [0.2, 0.25) is 6.82 Å². The number of carbonyl (C=O) groups excluding carboxylic acids is 3. The predicted octanol–water partition coefficient (Wildman–Crippen LogP) is -0.420. The van der Waals surface area contributed by atoms with Crippen molar-refractivity contribution in [2.45, 2.75) is 58.4 Å². The Morgan fingerprint density at radius 2 is 0.776 bits per heavy atom. The summed E-state index contributed by atoms with van der Waals surface area (Å²) in [7, 11) is 0.402. The van der Waals surface area contributed by atoms with E-state index in [9.17, 15) is 14.4 Å². The number of nitrogens with zero attached hydrogens (tertiary/aromatic N) is 1. The van der Waals surface area contributed by atoms with Gasteiger partial charge >= 0.3 is 0 Å². The van der Waals surface area contributed by atoms with Crippen LogP contribution in [0.15, 0.2) is 0 Å². The Morgan fingerprint density at radius 1 is 0.510 bits per heavy atom. The molecule has 0 radical (unpaired) electrons. The van der Waals surface area contributed by atoms with Crippen molar-refractivity contribution in [3.05, 3.63) is 0 Å². The molecule has 16 nitrogen and oxygen atoms in total. The lowest BCUT2D eigenvalue weighted by Crippen LogP contribution is -2.46. The maximum atomic E-state index is 12.3. The molecular formula is C32H64BN3O13. The van der Waals surface area contributed by atoms with Crippen LogP contribution in [0.1, 0.15) is 40.5 Å². The summed E-state index contributed by atoms with van der Waals surface area (Å²) in [6.07, 6.45) is 0.437. The lowest BCUT2D eigenvalue weighted by molar-refractivity contribution is -0.125. The summed E-state index contributed by atoms with van der Waals surface area (Å²) in [6.45, 7) is 15.6. The Hall–Kier alpha value is -1.93. The molecule has 0 spiro atoms. The van der Waals surface area contributed by atoms with Gasteiger partial charge in [0.15, 0.2) is 5.81 Å². The Kier molecular flexibility index (Phi) is 29.6. The summed E-state index contributed by atoms with van der Waals surface area (Å²) < 4.78 is 43.8. The van der Waals surface area contributed by atoms with Crippen LogP contribution in [0.3, 0.4) is 0 Å². The number of hydrogen-bond acceptors (Lipinski definition) is 13. The van der Waals surface area contributed by atoms with Crippen molar-refractivity contribution >= 4 is 24.9 Å². The van der Waals surface area contributed by atoms with Gasteiger partial charge in [0.2, 0.25) is 19.1 Å². The summed E-state index contributed by atoms with van der Waals surface area (Å²) in [5.41, 5.74) is -1.29. The van der Waals surface area contributed by atoms with Gasteiger partial charge in [0.25, 0.3) is 0 Å². The second-order valence-corrected chi connectivity index (χ2v) is 12.3. The molecule has 0 heterocycles. The fraction of sp³-hybridized carbons (Fsp3) is 0.906. The molecular weight excluding hydrogens is 645 g/mol. The van der Waals surface area contributed by atoms with Crippen LogP contribution in [0.25, 0.3) is 0 Å². The van der Waals surface area contributed by atoms with Crippen molar-refractivity contribution in [2.75, 3.05) is 132 Å². The highest BCUT2D eigenvalue weighted by Crippen LogP contribution is 2.01. The predicted molar refractivity (Wildman–Crippen MR) is 184 cm³/mol. The second kappa shape index (κ2) is 30.9. The van der Waals surface area contributed by atoms with Crippen LogP contribution < -0.4 is 10.6 Å². The summed E-state index contributed by atoms with van der Waals surface area (Å²) >= 11 is 0. The third-order valence-electron chi connectivity index (χ3n) is 6.59. The Morgan fingerprint density at radius 3 is 1.04 bits per heavy atom. The minimum Gasteiger partial charge on any atom is -0.394 e. The molecule has 0 rings (SSSR count). The van der Waals surface area contributed by atoms with Crippen molar-refractivity contribution in [1.82, 2.24) is 15.5 Å². The van der Waals surface area contributed by atoms with Gasteiger partial charge in [-0.3, -0.25) is 14.4 Å². The van der Waals surface area contributed by atoms with Gasteiger partial charge in [-0.15, -0.1) is 0 Å². The summed E-state index contributed by atoms with van der Waals surface area (Å²) in [4.78, 5) is 37.5. The highest BCUT2D eigenvalue weighted by atomic mass is 16.6. The molecule has 0 saturated heterocycles. The van der Waals surface area contributed by atoms with Crippen LogP contribution >= 0.6 is 0 Å². The van der Waals surface area contributed by atoms with Crippen LogP contribution in [0.5, 0.6) is 0 Å². The number of nitrogens with one attached hydrogen (secondary N) is 2. The topological polar surface area (TPSA) is 193 Å². The first kappa shape index (κ1) is 47.1. The van der Waals surface area contributed by atoms with Crippen LogP contribution in [0.4, 0.5) is 4.79 Å². The molecule has 0 aliphatic rings. The van der Waals surface area contributed by atoms with E-state index in [-0.39, 0.29) is 56.9 Å². The van der Waals surface area contributed by atoms with Gasteiger partial charge in [-0.05, 0) is 27.7 Å². The highest BCUT2D eigenvalue weighted by Gasteiger charge is 2.19. The number of amides is 3. The van der Waals surface area contributed by atoms with Crippen LogP contribution in [-0.2, 0) is 47.5 Å². The first-order valence-electron chi connectivity index (χ1n) is 17.2. The average molecular weight is 710 g/mol. The molecule has 0 fully saturated rings. The molecule has 0 aromatic rings. The number of rotatable bonds is 35. The van der Waals surface area contributed by atoms with Crippen molar-refractivity contribution in [1.29, 1.82) is 0 Å². The minimum absolute atomic E-state index is 0.0322. The summed E-state index contributed by atoms with van der Waals surface area (Å²) in [6, 6.07) is 0. The van der Waals surface area contributed by atoms with Gasteiger partial charge < -0.3 is 63.6 Å². The molecule has 0 aliphatic heterocycles. The number of aliphatic hydroxyl groups excluding tert-OH is 2. The van der Waals surface area contributed by atoms with Crippen LogP contribution in [0, 0.1) is 0 Å². The zero-order valence-electron chi connectivity index (χ0n) is 30.6. The second-order valence-electron chi connectivity index (χ2n) is 12.3. The van der Waals surface area contributed by atoms with E-state index >= 15 is 0 Å². The largest absolute Gasteiger partial charge is 0.394 e. The maximum Gasteiger partial charge on any atom is 0.230 e. The van der Waals surface area contributed by atoms with E-state index in [0.29, 0.717) is 113 Å². The van der Waals surface area contributed by atoms with E-state index in [1.165, 1.54) is 0 Å². The van der Waals surface area contributed by atoms with E-state index in [2.05, 4.69) is 10.6 Å². The monoisotopic (exact) mass is 709 g/mol. The molecule has 0 atom stereocenters. The first-order chi connectivity index (χ1) is 23.5. The molecule has 4 N–H and O–H groups in total. The van der Waals surface area contributed by atoms with E-state index in [1.807, 2.05) is 6.82 Å². The zero-order chi connectivity index (χ0) is 36.6. The van der Waals surface area contributed by atoms with Crippen molar-refractivity contribution in [3.63, 3.8) is 0 Å². The third kappa shape index (κ3) is 30.6. The molecule has 288 valence electrons. The van der Waals surface area contributed by atoms with Crippen molar-refractivity contribution in [3.8, 4) is 0 Å². The number of ether oxygens (including phenoxy) is 8. The van der Waals surface area contributed by atoms with Crippen molar-refractivity contribution < 1.29 is 62.5 Å². The van der Waals surface area contributed by atoms with Gasteiger partial charge in [0.05, 0.1) is 130 Å². The molecule has 3 amide bonds. The van der Waals surface area contributed by atoms with Gasteiger partial charge in [0.1, 0.15) is 0 Å². The average Bonchev–Trinajstić information content (AvgIpc) is 3.06. The summed E-state index contributed by atoms with van der Waals surface area (Å²) in [5, 5.41) is 23.8. The van der Waals surface area contributed by atoms with E-state index in [0.717, 1.165) is 0 Å². The molecule has 0 aliphatic carbocycles. The molecule has 0 unspecified atom stereocenters. The number of hydrogen-bond donors (Lipinski definition) is 4. The molecule has 0 aromatic carbocycles. The molecule has 49 heavy (non-hydrogen) atoms. The van der Waals surface area contributed by atoms with Gasteiger partial charge in [-0.25, -0.2) is 0 Å². The maximum absolute atomic E-state index is 12.3. The van der Waals surface area contributed by atoms with Gasteiger partial charge in [-0.2, -0.15) is 0 Å². The first-order valence-corrected chi connectivity index (χ1v) is 17.2. The number of aliphatic hydroxyl groups is 2. The Balaban J connectivity index is 3.61. The van der Waals surface area contributed by atoms with E-state index in [1.54, 1.807) is 32.6 Å². The zero-order valence-corrected chi connectivity index (χ0v) is 30.6. The molecule has 0 saturated carbocycles. The minimum atomic E-state index is -0.643. The van der Waals surface area contributed by atoms with E-state index in [4.69, 9.17) is 48.1 Å². The fourth-order valence-electron chi connectivity index (χ4n) is 3.75. The highest BCUT2D eigenvalue weighted by molar-refractivity contribution is 6.72. The quantitative estimate of drug-likeness (QED) is 0.0491. The third-order valence-corrected chi connectivity index (χ3v) is 6.59. The lowest BCUT2D eigenvalue weighted by Gasteiger charge is -2.23. The Labute approximate surface area is 293 Å². The standard InChI is InChI=1S/C32H64BN3O13/c1-31(2,26-37)34-28(39)6-10-42-14-18-46-22-24-48-20-16-44-12-8-36(30(41)33-5)9-13-45-17-21-49-25-23-47-19-15-43-11-7-29(40)35-32(3,4)27-38/h33,37-38H,6-27H2,1-5H3,(H,34,39)(H,35,40). The van der Waals surface area contributed by atoms with Gasteiger partial charge in [-0.1, -0.05) is 6.82 Å². The van der Waals surface area contributed by atoms with Gasteiger partial charge in [0, 0.05) is 25.9 Å². The summed E-state index contributed by atoms with van der Waals surface area (Å²) in [5.74, 6) is -0.313. The van der Waals surface area contributed by atoms with Crippen LogP contribution in [-0.4, -0.2) is 183 Å². The molecule has 0 aromatic heterocycles. The number of carbonyl (C=O) groups is 3. The van der Waals surface area contributed by atoms with Crippen molar-refractivity contribution in [2.24, 2.45) is 0 Å². The molecule has 0 bridgehead atoms. The smallest absolute Gasteiger partial charge is 0.230 e. The van der Waals surface area contributed by atoms with E-state index < -0.39 is 11.1 Å². The fourth-order valence-corrected chi connectivity index (χ4v) is 3.75. The SMILES string of the molecule is CBC(=O)N(CCOCCOCCOCCOCCC(=O)NC(C)(C)CO)CCOCCOCCOCCOCCC(=O)NC(C)(C)CO. The molecule has 17 heteroatoms.